The smallest absolute Gasteiger partial charge is 0.409 e. The number of fused-ring (bicyclic) bond motifs is 1. The van der Waals surface area contributed by atoms with Crippen molar-refractivity contribution < 1.29 is 23.9 Å². The fraction of sp³-hybridized carbons (Fsp3) is 0.412. The van der Waals surface area contributed by atoms with E-state index in [0.29, 0.717) is 30.6 Å². The lowest BCUT2D eigenvalue weighted by atomic mass is 10.1. The number of amides is 4. The van der Waals surface area contributed by atoms with Gasteiger partial charge in [0.2, 0.25) is 5.91 Å². The lowest BCUT2D eigenvalue weighted by molar-refractivity contribution is -0.121. The van der Waals surface area contributed by atoms with E-state index in [9.17, 15) is 19.2 Å². The van der Waals surface area contributed by atoms with Gasteiger partial charge in [0.25, 0.3) is 11.8 Å². The van der Waals surface area contributed by atoms with Crippen molar-refractivity contribution in [2.75, 3.05) is 26.7 Å². The zero-order valence-electron chi connectivity index (χ0n) is 13.9. The van der Waals surface area contributed by atoms with Crippen LogP contribution in [-0.2, 0) is 9.53 Å². The van der Waals surface area contributed by atoms with Crippen LogP contribution in [0.2, 0.25) is 0 Å². The normalized spacial score (nSPS) is 19.2. The van der Waals surface area contributed by atoms with Crippen LogP contribution in [0.4, 0.5) is 4.79 Å². The Labute approximate surface area is 144 Å². The molecule has 0 bridgehead atoms. The van der Waals surface area contributed by atoms with Gasteiger partial charge in [-0.25, -0.2) is 4.79 Å². The van der Waals surface area contributed by atoms with Crippen LogP contribution in [0.15, 0.2) is 24.3 Å². The molecule has 4 amide bonds. The molecule has 0 spiro atoms. The summed E-state index contributed by atoms with van der Waals surface area (Å²) < 4.78 is 5.10. The van der Waals surface area contributed by atoms with Gasteiger partial charge in [0.05, 0.1) is 17.7 Å². The Morgan fingerprint density at radius 3 is 2.40 bits per heavy atom. The highest BCUT2D eigenvalue weighted by molar-refractivity contribution is 6.21. The topological polar surface area (TPSA) is 96.0 Å². The Morgan fingerprint density at radius 1 is 1.20 bits per heavy atom. The van der Waals surface area contributed by atoms with Crippen LogP contribution in [0, 0.1) is 0 Å². The number of cyclic esters (lactones) is 1. The van der Waals surface area contributed by atoms with Gasteiger partial charge in [0.15, 0.2) is 0 Å². The van der Waals surface area contributed by atoms with Crippen molar-refractivity contribution in [3.8, 4) is 0 Å². The molecule has 1 unspecified atom stereocenters. The van der Waals surface area contributed by atoms with Crippen LogP contribution in [0.25, 0.3) is 0 Å². The van der Waals surface area contributed by atoms with E-state index >= 15 is 0 Å². The number of likely N-dealkylation sites (N-methyl/N-ethyl adjacent to an activating group) is 1. The lowest BCUT2D eigenvalue weighted by Gasteiger charge is -2.14. The second kappa shape index (κ2) is 6.92. The first kappa shape index (κ1) is 16.9. The summed E-state index contributed by atoms with van der Waals surface area (Å²) in [6.07, 6.45) is -0.0269. The number of carbonyl (C=O) groups excluding carboxylic acids is 4. The molecule has 8 nitrogen and oxygen atoms in total. The molecular formula is C17H19N3O5. The Bertz CT molecular complexity index is 698. The maximum atomic E-state index is 12.2. The van der Waals surface area contributed by atoms with Gasteiger partial charge in [0.1, 0.15) is 6.10 Å². The summed E-state index contributed by atoms with van der Waals surface area (Å²) in [5, 5.41) is 2.72. The first-order chi connectivity index (χ1) is 12.0. The summed E-state index contributed by atoms with van der Waals surface area (Å²) in [4.78, 5) is 50.1. The molecule has 1 atom stereocenters. The van der Waals surface area contributed by atoms with E-state index in [4.69, 9.17) is 4.74 Å². The molecule has 1 aromatic rings. The summed E-state index contributed by atoms with van der Waals surface area (Å²) in [6, 6.07) is 6.62. The minimum atomic E-state index is -0.366. The molecule has 1 N–H and O–H groups in total. The van der Waals surface area contributed by atoms with E-state index in [0.717, 1.165) is 4.90 Å². The third-order valence-electron chi connectivity index (χ3n) is 4.29. The van der Waals surface area contributed by atoms with Gasteiger partial charge in [-0.3, -0.25) is 19.3 Å². The fourth-order valence-corrected chi connectivity index (χ4v) is 2.92. The maximum absolute atomic E-state index is 12.2. The molecule has 3 rings (SSSR count). The van der Waals surface area contributed by atoms with Gasteiger partial charge in [-0.1, -0.05) is 12.1 Å². The van der Waals surface area contributed by atoms with Gasteiger partial charge in [-0.05, 0) is 12.1 Å². The second-order valence-corrected chi connectivity index (χ2v) is 6.08. The number of imide groups is 1. The average Bonchev–Trinajstić information content (AvgIpc) is 3.04. The number of carbonyl (C=O) groups is 4. The van der Waals surface area contributed by atoms with Gasteiger partial charge in [-0.15, -0.1) is 0 Å². The van der Waals surface area contributed by atoms with E-state index in [1.807, 2.05) is 0 Å². The molecule has 1 saturated heterocycles. The Balaban J connectivity index is 1.42. The number of hydrogen-bond donors (Lipinski definition) is 1. The van der Waals surface area contributed by atoms with Gasteiger partial charge >= 0.3 is 6.09 Å². The van der Waals surface area contributed by atoms with Crippen molar-refractivity contribution in [2.45, 2.75) is 18.9 Å². The standard InChI is InChI=1S/C17H19N3O5/c1-19-10-11(25-17(19)24)6-8-18-14(21)7-9-20-15(22)12-4-2-3-5-13(12)16(20)23/h2-5,11H,6-10H2,1H3,(H,18,21). The Kier molecular flexibility index (Phi) is 4.69. The van der Waals surface area contributed by atoms with Crippen LogP contribution in [0.3, 0.4) is 0 Å². The van der Waals surface area contributed by atoms with Crippen molar-refractivity contribution in [1.82, 2.24) is 15.1 Å². The number of hydrogen-bond acceptors (Lipinski definition) is 5. The summed E-state index contributed by atoms with van der Waals surface area (Å²) >= 11 is 0. The molecule has 0 saturated carbocycles. The largest absolute Gasteiger partial charge is 0.444 e. The minimum Gasteiger partial charge on any atom is -0.444 e. The minimum absolute atomic E-state index is 0.0375. The number of nitrogens with zero attached hydrogens (tertiary/aromatic N) is 2. The van der Waals surface area contributed by atoms with Crippen molar-refractivity contribution in [3.63, 3.8) is 0 Å². The number of nitrogens with one attached hydrogen (secondary N) is 1. The number of ether oxygens (including phenoxy) is 1. The van der Waals surface area contributed by atoms with Crippen LogP contribution in [0.5, 0.6) is 0 Å². The molecule has 0 radical (unpaired) electrons. The predicted octanol–water partition coefficient (Wildman–Crippen LogP) is 0.630. The maximum Gasteiger partial charge on any atom is 0.409 e. The molecule has 25 heavy (non-hydrogen) atoms. The molecule has 2 aliphatic rings. The van der Waals surface area contributed by atoms with E-state index in [2.05, 4.69) is 5.32 Å². The SMILES string of the molecule is CN1CC(CCNC(=O)CCN2C(=O)c3ccccc3C2=O)OC1=O. The van der Waals surface area contributed by atoms with Crippen molar-refractivity contribution in [1.29, 1.82) is 0 Å². The third kappa shape index (κ3) is 3.47. The highest BCUT2D eigenvalue weighted by atomic mass is 16.6. The molecule has 1 fully saturated rings. The molecule has 2 aliphatic heterocycles. The number of benzene rings is 1. The van der Waals surface area contributed by atoms with Crippen LogP contribution < -0.4 is 5.32 Å². The Morgan fingerprint density at radius 2 is 1.84 bits per heavy atom. The zero-order valence-corrected chi connectivity index (χ0v) is 13.9. The first-order valence-electron chi connectivity index (χ1n) is 8.11. The van der Waals surface area contributed by atoms with Gasteiger partial charge < -0.3 is 15.0 Å². The summed E-state index contributed by atoms with van der Waals surface area (Å²) in [5.74, 6) is -0.988. The van der Waals surface area contributed by atoms with E-state index in [-0.39, 0.29) is 42.9 Å². The summed E-state index contributed by atoms with van der Waals surface area (Å²) in [6.45, 7) is 0.913. The monoisotopic (exact) mass is 345 g/mol. The third-order valence-corrected chi connectivity index (χ3v) is 4.29. The first-order valence-corrected chi connectivity index (χ1v) is 8.11. The van der Waals surface area contributed by atoms with Crippen LogP contribution in [-0.4, -0.2) is 66.4 Å². The predicted molar refractivity (Wildman–Crippen MR) is 87.0 cm³/mol. The summed E-state index contributed by atoms with van der Waals surface area (Å²) in [7, 11) is 1.66. The number of rotatable bonds is 6. The quantitative estimate of drug-likeness (QED) is 0.763. The highest BCUT2D eigenvalue weighted by Gasteiger charge is 2.35. The molecular weight excluding hydrogens is 326 g/mol. The van der Waals surface area contributed by atoms with E-state index in [1.165, 1.54) is 4.90 Å². The molecule has 132 valence electrons. The highest BCUT2D eigenvalue weighted by Crippen LogP contribution is 2.22. The van der Waals surface area contributed by atoms with Crippen molar-refractivity contribution in [2.24, 2.45) is 0 Å². The molecule has 1 aromatic carbocycles. The fourth-order valence-electron chi connectivity index (χ4n) is 2.92. The van der Waals surface area contributed by atoms with Crippen molar-refractivity contribution in [3.05, 3.63) is 35.4 Å². The average molecular weight is 345 g/mol. The van der Waals surface area contributed by atoms with E-state index < -0.39 is 0 Å². The molecule has 0 aromatic heterocycles. The van der Waals surface area contributed by atoms with Gasteiger partial charge in [-0.2, -0.15) is 0 Å². The van der Waals surface area contributed by atoms with Crippen LogP contribution in [0.1, 0.15) is 33.6 Å². The van der Waals surface area contributed by atoms with E-state index in [1.54, 1.807) is 31.3 Å². The molecule has 8 heteroatoms. The Hall–Kier alpha value is -2.90. The van der Waals surface area contributed by atoms with Crippen molar-refractivity contribution >= 4 is 23.8 Å². The zero-order chi connectivity index (χ0) is 18.0. The molecule has 2 heterocycles. The second-order valence-electron chi connectivity index (χ2n) is 6.08. The van der Waals surface area contributed by atoms with Crippen LogP contribution >= 0.6 is 0 Å². The molecule has 0 aliphatic carbocycles. The lowest BCUT2D eigenvalue weighted by Crippen LogP contribution is -2.35. The summed E-state index contributed by atoms with van der Waals surface area (Å²) in [5.41, 5.74) is 0.750. The van der Waals surface area contributed by atoms with Gasteiger partial charge in [0, 0.05) is 33.0 Å².